The lowest BCUT2D eigenvalue weighted by Crippen LogP contribution is -2.43. The van der Waals surface area contributed by atoms with Gasteiger partial charge in [-0.3, -0.25) is 0 Å². The molecule has 0 heterocycles. The topological polar surface area (TPSA) is 55.8 Å². The Kier molecular flexibility index (Phi) is 7.75. The summed E-state index contributed by atoms with van der Waals surface area (Å²) in [6.45, 7) is 11.4. The van der Waals surface area contributed by atoms with Crippen molar-refractivity contribution >= 4 is 12.1 Å². The highest BCUT2D eigenvalue weighted by molar-refractivity contribution is 5.89. The third-order valence-electron chi connectivity index (χ3n) is 3.61. The number of hydrogen-bond donors (Lipinski definition) is 0. The summed E-state index contributed by atoms with van der Waals surface area (Å²) in [4.78, 5) is 26.0. The fraction of sp³-hybridized carbons (Fsp3) is 0.579. The summed E-state index contributed by atoms with van der Waals surface area (Å²) in [6, 6.07) is 8.98. The summed E-state index contributed by atoms with van der Waals surface area (Å²) >= 11 is 0. The molecule has 2 unspecified atom stereocenters. The molecule has 0 bridgehead atoms. The smallest absolute Gasteiger partial charge is 0.410 e. The van der Waals surface area contributed by atoms with Crippen LogP contribution in [0.3, 0.4) is 0 Å². The third-order valence-corrected chi connectivity index (χ3v) is 3.61. The molecule has 0 aliphatic heterocycles. The minimum absolute atomic E-state index is 0.0676. The predicted molar refractivity (Wildman–Crippen MR) is 94.0 cm³/mol. The Bertz CT molecular complexity index is 519. The van der Waals surface area contributed by atoms with Crippen LogP contribution < -0.4 is 0 Å². The molecule has 0 saturated heterocycles. The first kappa shape index (κ1) is 20.0. The Hall–Kier alpha value is -2.04. The second kappa shape index (κ2) is 9.30. The van der Waals surface area contributed by atoms with E-state index in [4.69, 9.17) is 9.47 Å². The summed E-state index contributed by atoms with van der Waals surface area (Å²) in [7, 11) is 0. The monoisotopic (exact) mass is 335 g/mol. The summed E-state index contributed by atoms with van der Waals surface area (Å²) in [5.74, 6) is -0.368. The molecule has 24 heavy (non-hydrogen) atoms. The van der Waals surface area contributed by atoms with Crippen LogP contribution in [0.25, 0.3) is 0 Å². The Morgan fingerprint density at radius 2 is 1.38 bits per heavy atom. The van der Waals surface area contributed by atoms with E-state index in [1.165, 1.54) is 0 Å². The quantitative estimate of drug-likeness (QED) is 0.698. The lowest BCUT2D eigenvalue weighted by atomic mass is 10.2. The SMILES string of the molecule is CC(CC(C)OC(=O)N(C(C)C)C(C)C)OC(=O)c1ccccc1. The van der Waals surface area contributed by atoms with Gasteiger partial charge in [0.05, 0.1) is 5.56 Å². The van der Waals surface area contributed by atoms with E-state index in [2.05, 4.69) is 0 Å². The zero-order valence-corrected chi connectivity index (χ0v) is 15.5. The average molecular weight is 335 g/mol. The van der Waals surface area contributed by atoms with Gasteiger partial charge in [0.2, 0.25) is 0 Å². The number of esters is 1. The number of hydrogen-bond acceptors (Lipinski definition) is 4. The number of carbonyl (C=O) groups excluding carboxylic acids is 2. The molecule has 0 spiro atoms. The number of nitrogens with zero attached hydrogens (tertiary/aromatic N) is 1. The Morgan fingerprint density at radius 3 is 1.88 bits per heavy atom. The number of ether oxygens (including phenoxy) is 2. The molecule has 5 nitrogen and oxygen atoms in total. The van der Waals surface area contributed by atoms with Crippen molar-refractivity contribution in [3.63, 3.8) is 0 Å². The van der Waals surface area contributed by atoms with Crippen molar-refractivity contribution in [2.75, 3.05) is 0 Å². The predicted octanol–water partition coefficient (Wildman–Crippen LogP) is 4.27. The van der Waals surface area contributed by atoms with Gasteiger partial charge in [0.25, 0.3) is 0 Å². The second-order valence-electron chi connectivity index (χ2n) is 6.61. The maximum atomic E-state index is 12.3. The molecule has 5 heteroatoms. The van der Waals surface area contributed by atoms with Crippen molar-refractivity contribution in [3.8, 4) is 0 Å². The van der Waals surface area contributed by atoms with Gasteiger partial charge in [0, 0.05) is 18.5 Å². The highest BCUT2D eigenvalue weighted by Gasteiger charge is 2.24. The number of rotatable bonds is 7. The first-order valence-electron chi connectivity index (χ1n) is 8.47. The van der Waals surface area contributed by atoms with E-state index >= 15 is 0 Å². The second-order valence-corrected chi connectivity index (χ2v) is 6.61. The van der Waals surface area contributed by atoms with Gasteiger partial charge in [-0.25, -0.2) is 9.59 Å². The summed E-state index contributed by atoms with van der Waals surface area (Å²) in [5.41, 5.74) is 0.514. The van der Waals surface area contributed by atoms with E-state index in [0.29, 0.717) is 12.0 Å². The van der Waals surface area contributed by atoms with E-state index < -0.39 is 0 Å². The number of carbonyl (C=O) groups is 2. The van der Waals surface area contributed by atoms with Gasteiger partial charge < -0.3 is 14.4 Å². The molecule has 0 fully saturated rings. The first-order chi connectivity index (χ1) is 11.2. The molecule has 0 radical (unpaired) electrons. The molecular weight excluding hydrogens is 306 g/mol. The van der Waals surface area contributed by atoms with Crippen molar-refractivity contribution in [2.24, 2.45) is 0 Å². The van der Waals surface area contributed by atoms with Crippen LogP contribution >= 0.6 is 0 Å². The van der Waals surface area contributed by atoms with Crippen molar-refractivity contribution in [1.82, 2.24) is 4.90 Å². The largest absolute Gasteiger partial charge is 0.459 e. The standard InChI is InChI=1S/C19H29NO4/c1-13(2)20(14(3)4)19(22)24-16(6)12-15(5)23-18(21)17-10-8-7-9-11-17/h7-11,13-16H,12H2,1-6H3. The van der Waals surface area contributed by atoms with Gasteiger partial charge >= 0.3 is 12.1 Å². The maximum Gasteiger partial charge on any atom is 0.410 e. The molecule has 0 saturated carbocycles. The van der Waals surface area contributed by atoms with Crippen LogP contribution in [-0.4, -0.2) is 41.3 Å². The summed E-state index contributed by atoms with van der Waals surface area (Å²) in [5, 5.41) is 0. The van der Waals surface area contributed by atoms with Crippen LogP contribution in [0.15, 0.2) is 30.3 Å². The molecule has 1 rings (SSSR count). The van der Waals surface area contributed by atoms with E-state index in [9.17, 15) is 9.59 Å². The minimum atomic E-state index is -0.368. The molecule has 0 aliphatic rings. The molecule has 1 aromatic carbocycles. The van der Waals surface area contributed by atoms with E-state index in [1.807, 2.05) is 40.7 Å². The van der Waals surface area contributed by atoms with Crippen LogP contribution in [0.4, 0.5) is 4.79 Å². The van der Waals surface area contributed by atoms with Gasteiger partial charge in [0.15, 0.2) is 0 Å². The van der Waals surface area contributed by atoms with E-state index in [0.717, 1.165) is 0 Å². The van der Waals surface area contributed by atoms with Crippen LogP contribution in [0.5, 0.6) is 0 Å². The van der Waals surface area contributed by atoms with Crippen molar-refractivity contribution in [3.05, 3.63) is 35.9 Å². The van der Waals surface area contributed by atoms with Gasteiger partial charge in [-0.05, 0) is 53.7 Å². The average Bonchev–Trinajstić information content (AvgIpc) is 2.46. The zero-order chi connectivity index (χ0) is 18.3. The summed E-state index contributed by atoms with van der Waals surface area (Å²) in [6.07, 6.45) is -0.564. The fourth-order valence-electron chi connectivity index (χ4n) is 2.64. The fourth-order valence-corrected chi connectivity index (χ4v) is 2.64. The van der Waals surface area contributed by atoms with E-state index in [1.54, 1.807) is 36.1 Å². The lowest BCUT2D eigenvalue weighted by Gasteiger charge is -2.31. The first-order valence-corrected chi connectivity index (χ1v) is 8.47. The van der Waals surface area contributed by atoms with Gasteiger partial charge in [-0.2, -0.15) is 0 Å². The third kappa shape index (κ3) is 6.22. The zero-order valence-electron chi connectivity index (χ0n) is 15.5. The minimum Gasteiger partial charge on any atom is -0.459 e. The van der Waals surface area contributed by atoms with Crippen molar-refractivity contribution in [1.29, 1.82) is 0 Å². The van der Waals surface area contributed by atoms with Crippen molar-refractivity contribution < 1.29 is 19.1 Å². The molecule has 2 atom stereocenters. The van der Waals surface area contributed by atoms with E-state index in [-0.39, 0.29) is 36.4 Å². The highest BCUT2D eigenvalue weighted by atomic mass is 16.6. The molecule has 134 valence electrons. The van der Waals surface area contributed by atoms with Crippen LogP contribution in [-0.2, 0) is 9.47 Å². The highest BCUT2D eigenvalue weighted by Crippen LogP contribution is 2.13. The Balaban J connectivity index is 2.50. The number of benzene rings is 1. The van der Waals surface area contributed by atoms with Crippen LogP contribution in [0.1, 0.15) is 58.3 Å². The Labute approximate surface area is 144 Å². The molecule has 1 amide bonds. The normalized spacial score (nSPS) is 13.5. The molecular formula is C19H29NO4. The molecule has 1 aromatic rings. The number of amides is 1. The van der Waals surface area contributed by atoms with Gasteiger partial charge in [-0.1, -0.05) is 18.2 Å². The molecule has 0 N–H and O–H groups in total. The van der Waals surface area contributed by atoms with Gasteiger partial charge in [0.1, 0.15) is 12.2 Å². The summed E-state index contributed by atoms with van der Waals surface area (Å²) < 4.78 is 10.9. The van der Waals surface area contributed by atoms with Crippen LogP contribution in [0.2, 0.25) is 0 Å². The van der Waals surface area contributed by atoms with Crippen molar-refractivity contribution in [2.45, 2.75) is 72.3 Å². The van der Waals surface area contributed by atoms with Crippen LogP contribution in [0, 0.1) is 0 Å². The molecule has 0 aromatic heterocycles. The maximum absolute atomic E-state index is 12.3. The lowest BCUT2D eigenvalue weighted by molar-refractivity contribution is 0.00974. The Morgan fingerprint density at radius 1 is 0.875 bits per heavy atom. The van der Waals surface area contributed by atoms with Gasteiger partial charge in [-0.15, -0.1) is 0 Å². The molecule has 0 aliphatic carbocycles.